The molecule has 1 aromatic heterocycles. The number of benzene rings is 2. The smallest absolute Gasteiger partial charge is 0.442 e. The van der Waals surface area contributed by atoms with Crippen LogP contribution in [0.4, 0.5) is 18.3 Å². The van der Waals surface area contributed by atoms with Crippen molar-refractivity contribution in [3.8, 4) is 0 Å². The van der Waals surface area contributed by atoms with Crippen molar-refractivity contribution in [3.63, 3.8) is 0 Å². The molecule has 2 N–H and O–H groups in total. The molecule has 1 amide bonds. The van der Waals surface area contributed by atoms with Gasteiger partial charge < -0.3 is 15.4 Å². The van der Waals surface area contributed by atoms with E-state index in [1.807, 2.05) is 5.32 Å². The average molecular weight is 522 g/mol. The largest absolute Gasteiger partial charge is 0.466 e. The number of methoxy groups -OCH3 is 1. The number of hydrogen-bond acceptors (Lipinski definition) is 8. The van der Waals surface area contributed by atoms with E-state index in [1.54, 1.807) is 5.32 Å². The summed E-state index contributed by atoms with van der Waals surface area (Å²) in [7, 11) is -2.85. The van der Waals surface area contributed by atoms with Gasteiger partial charge in [0.05, 0.1) is 22.2 Å². The van der Waals surface area contributed by atoms with Gasteiger partial charge in [-0.1, -0.05) is 29.0 Å². The van der Waals surface area contributed by atoms with Gasteiger partial charge in [-0.25, -0.2) is 18.2 Å². The summed E-state index contributed by atoms with van der Waals surface area (Å²) in [5.41, 5.74) is -3.75. The fourth-order valence-electron chi connectivity index (χ4n) is 2.77. The van der Waals surface area contributed by atoms with Gasteiger partial charge in [-0.05, 0) is 36.4 Å². The van der Waals surface area contributed by atoms with Crippen LogP contribution in [0.5, 0.6) is 0 Å². The van der Waals surface area contributed by atoms with Gasteiger partial charge in [0.2, 0.25) is 0 Å². The highest BCUT2D eigenvalue weighted by Gasteiger charge is 2.64. The molecule has 14 heteroatoms. The second-order valence-electron chi connectivity index (χ2n) is 6.75. The number of fused-ring (bicyclic) bond motifs is 1. The van der Waals surface area contributed by atoms with E-state index in [0.717, 1.165) is 19.4 Å². The van der Waals surface area contributed by atoms with Crippen molar-refractivity contribution in [2.45, 2.75) is 16.7 Å². The van der Waals surface area contributed by atoms with Gasteiger partial charge in [0.1, 0.15) is 0 Å². The van der Waals surface area contributed by atoms with Gasteiger partial charge in [0.25, 0.3) is 5.91 Å². The maximum Gasteiger partial charge on any atom is 0.442 e. The van der Waals surface area contributed by atoms with Crippen LogP contribution >= 0.6 is 22.9 Å². The first-order chi connectivity index (χ1) is 15.3. The highest BCUT2D eigenvalue weighted by molar-refractivity contribution is 7.90. The predicted molar refractivity (Wildman–Crippen MR) is 116 cm³/mol. The summed E-state index contributed by atoms with van der Waals surface area (Å²) in [4.78, 5) is 28.9. The third-order valence-corrected chi connectivity index (χ3v) is 6.67. The van der Waals surface area contributed by atoms with Crippen molar-refractivity contribution in [2.75, 3.05) is 18.7 Å². The minimum Gasteiger partial charge on any atom is -0.466 e. The number of aromatic nitrogens is 1. The summed E-state index contributed by atoms with van der Waals surface area (Å²) in [5.74, 6) is -3.10. The van der Waals surface area contributed by atoms with E-state index < -0.39 is 38.7 Å². The molecular weight excluding hydrogens is 507 g/mol. The number of carbonyl (C=O) groups is 2. The number of esters is 1. The molecular formula is C19H15ClF3N3O5S2. The molecule has 3 aromatic rings. The lowest BCUT2D eigenvalue weighted by atomic mass is 10.1. The zero-order valence-corrected chi connectivity index (χ0v) is 19.2. The Balaban J connectivity index is 2.08. The Labute approximate surface area is 194 Å². The molecule has 176 valence electrons. The fraction of sp³-hybridized carbons (Fsp3) is 0.211. The van der Waals surface area contributed by atoms with Gasteiger partial charge >= 0.3 is 17.8 Å². The van der Waals surface area contributed by atoms with E-state index in [-0.39, 0.29) is 25.7 Å². The molecule has 0 radical (unpaired) electrons. The molecule has 2 aromatic carbocycles. The highest BCUT2D eigenvalue weighted by atomic mass is 35.5. The van der Waals surface area contributed by atoms with Crippen LogP contribution in [0.1, 0.15) is 10.4 Å². The monoisotopic (exact) mass is 521 g/mol. The fourth-order valence-corrected chi connectivity index (χ4v) is 4.64. The van der Waals surface area contributed by atoms with Gasteiger partial charge in [0, 0.05) is 16.8 Å². The number of nitrogens with one attached hydrogen (secondary N) is 2. The maximum atomic E-state index is 14.2. The standard InChI is InChI=1S/C19H15ClF3N3O5S2/c1-31-16(28)18(19(21,22)23,25-15(27)10-4-3-5-11(20)8-10)26-17-24-13-7-6-12(33(2,29)30)9-14(13)32-17/h3-9H,1-2H3,(H,24,26)(H,25,27)/t18-/m0/s1. The Hall–Kier alpha value is -2.90. The third kappa shape index (κ3) is 5.04. The summed E-state index contributed by atoms with van der Waals surface area (Å²) in [6.07, 6.45) is -4.39. The Morgan fingerprint density at radius 2 is 1.85 bits per heavy atom. The topological polar surface area (TPSA) is 114 Å². The molecule has 0 fully saturated rings. The van der Waals surface area contributed by atoms with Crippen molar-refractivity contribution >= 4 is 60.0 Å². The van der Waals surface area contributed by atoms with Gasteiger partial charge in [-0.3, -0.25) is 4.79 Å². The lowest BCUT2D eigenvalue weighted by molar-refractivity contribution is -0.203. The molecule has 0 saturated heterocycles. The quantitative estimate of drug-likeness (QED) is 0.376. The molecule has 1 heterocycles. The van der Waals surface area contributed by atoms with E-state index in [1.165, 1.54) is 36.4 Å². The Morgan fingerprint density at radius 1 is 1.15 bits per heavy atom. The lowest BCUT2D eigenvalue weighted by Gasteiger charge is -2.34. The second kappa shape index (κ2) is 8.80. The average Bonchev–Trinajstić information content (AvgIpc) is 3.12. The van der Waals surface area contributed by atoms with E-state index in [2.05, 4.69) is 9.72 Å². The number of alkyl halides is 3. The summed E-state index contributed by atoms with van der Waals surface area (Å²) < 4.78 is 70.8. The number of rotatable bonds is 6. The summed E-state index contributed by atoms with van der Waals surface area (Å²) in [5, 5.41) is 3.28. The van der Waals surface area contributed by atoms with Gasteiger partial charge in [-0.2, -0.15) is 13.2 Å². The molecule has 0 aliphatic rings. The van der Waals surface area contributed by atoms with E-state index in [0.29, 0.717) is 11.3 Å². The number of nitrogens with zero attached hydrogens (tertiary/aromatic N) is 1. The SMILES string of the molecule is COC(=O)[C@](NC(=O)c1cccc(Cl)c1)(Nc1nc2ccc(S(C)(=O)=O)cc2s1)C(F)(F)F. The van der Waals surface area contributed by atoms with Crippen LogP contribution in [0.15, 0.2) is 47.4 Å². The van der Waals surface area contributed by atoms with E-state index >= 15 is 0 Å². The normalized spacial score (nSPS) is 13.9. The Bertz CT molecular complexity index is 1340. The van der Waals surface area contributed by atoms with Crippen molar-refractivity contribution in [1.82, 2.24) is 10.3 Å². The zero-order chi connectivity index (χ0) is 24.6. The molecule has 8 nitrogen and oxygen atoms in total. The first-order valence-corrected chi connectivity index (χ1v) is 12.0. The summed E-state index contributed by atoms with van der Waals surface area (Å²) >= 11 is 6.46. The van der Waals surface area contributed by atoms with Crippen LogP contribution in [0, 0.1) is 0 Å². The molecule has 0 aliphatic heterocycles. The zero-order valence-electron chi connectivity index (χ0n) is 16.9. The second-order valence-corrected chi connectivity index (χ2v) is 10.2. The number of thiazole rings is 1. The van der Waals surface area contributed by atoms with Crippen LogP contribution in [-0.2, 0) is 19.4 Å². The van der Waals surface area contributed by atoms with Crippen LogP contribution in [0.25, 0.3) is 10.2 Å². The van der Waals surface area contributed by atoms with Crippen molar-refractivity contribution in [1.29, 1.82) is 0 Å². The molecule has 0 spiro atoms. The van der Waals surface area contributed by atoms with Crippen LogP contribution in [0.2, 0.25) is 5.02 Å². The first kappa shape index (κ1) is 24.7. The van der Waals surface area contributed by atoms with Crippen LogP contribution in [0.3, 0.4) is 0 Å². The van der Waals surface area contributed by atoms with Crippen LogP contribution in [-0.4, -0.2) is 50.5 Å². The number of carbonyl (C=O) groups excluding carboxylic acids is 2. The minimum absolute atomic E-state index is 0.0606. The first-order valence-electron chi connectivity index (χ1n) is 8.89. The molecule has 0 aliphatic carbocycles. The van der Waals surface area contributed by atoms with E-state index in [9.17, 15) is 31.2 Å². The highest BCUT2D eigenvalue weighted by Crippen LogP contribution is 2.36. The van der Waals surface area contributed by atoms with Crippen LogP contribution < -0.4 is 10.6 Å². The maximum absolute atomic E-state index is 14.2. The number of ether oxygens (including phenoxy) is 1. The Kier molecular flexibility index (Phi) is 6.60. The number of anilines is 1. The number of halogens is 4. The molecule has 1 atom stereocenters. The summed E-state index contributed by atoms with van der Waals surface area (Å²) in [6.45, 7) is 0. The molecule has 0 saturated carbocycles. The lowest BCUT2D eigenvalue weighted by Crippen LogP contribution is -2.69. The molecule has 0 unspecified atom stereocenters. The number of amides is 1. The Morgan fingerprint density at radius 3 is 2.42 bits per heavy atom. The van der Waals surface area contributed by atoms with Crippen molar-refractivity contribution < 1.29 is 35.9 Å². The summed E-state index contributed by atoms with van der Waals surface area (Å²) in [6, 6.07) is 8.91. The van der Waals surface area contributed by atoms with Crippen molar-refractivity contribution in [2.24, 2.45) is 0 Å². The molecule has 0 bridgehead atoms. The van der Waals surface area contributed by atoms with E-state index in [4.69, 9.17) is 11.6 Å². The van der Waals surface area contributed by atoms with Crippen molar-refractivity contribution in [3.05, 3.63) is 53.1 Å². The number of sulfone groups is 1. The van der Waals surface area contributed by atoms with Gasteiger partial charge in [-0.15, -0.1) is 0 Å². The minimum atomic E-state index is -5.37. The molecule has 3 rings (SSSR count). The molecule has 33 heavy (non-hydrogen) atoms. The van der Waals surface area contributed by atoms with Gasteiger partial charge in [0.15, 0.2) is 15.0 Å². The number of hydrogen-bond donors (Lipinski definition) is 2. The third-order valence-electron chi connectivity index (χ3n) is 4.39. The predicted octanol–water partition coefficient (Wildman–Crippen LogP) is 3.63.